The molecule has 0 radical (unpaired) electrons. The molecule has 2 aromatic carbocycles. The molecule has 1 unspecified atom stereocenters. The van der Waals surface area contributed by atoms with Gasteiger partial charge in [-0.15, -0.1) is 10.2 Å². The number of nitrogens with one attached hydrogen (secondary N) is 1. The standard InChI is InChI=1S/C22H20F4N4O3S2/c1-12(2)30(21-29-27-11-34-21)35(32,33)17-5-3-13-7-16(8-14(13)9-17)28-20(31)18-6-4-15(10-19(18)23)22(24,25)26/h3-6,9-12,16H,7-8H2,1-2H3,(H,28,31). The van der Waals surface area contributed by atoms with Crippen molar-refractivity contribution in [2.45, 2.75) is 49.8 Å². The van der Waals surface area contributed by atoms with Crippen LogP contribution in [0.1, 0.15) is 40.9 Å². The smallest absolute Gasteiger partial charge is 0.349 e. The Labute approximate surface area is 202 Å². The zero-order chi connectivity index (χ0) is 25.5. The summed E-state index contributed by atoms with van der Waals surface area (Å²) >= 11 is 1.10. The molecule has 0 saturated carbocycles. The van der Waals surface area contributed by atoms with Gasteiger partial charge in [-0.3, -0.25) is 4.79 Å². The minimum atomic E-state index is -4.72. The molecule has 1 heterocycles. The van der Waals surface area contributed by atoms with Crippen LogP contribution in [0.2, 0.25) is 0 Å². The number of sulfonamides is 1. The van der Waals surface area contributed by atoms with Gasteiger partial charge in [-0.25, -0.2) is 17.1 Å². The van der Waals surface area contributed by atoms with Crippen molar-refractivity contribution < 1.29 is 30.8 Å². The van der Waals surface area contributed by atoms with Crippen LogP contribution >= 0.6 is 11.3 Å². The Morgan fingerprint density at radius 1 is 1.14 bits per heavy atom. The number of alkyl halides is 3. The monoisotopic (exact) mass is 528 g/mol. The molecule has 7 nitrogen and oxygen atoms in total. The van der Waals surface area contributed by atoms with Gasteiger partial charge in [0.15, 0.2) is 0 Å². The van der Waals surface area contributed by atoms with E-state index in [1.165, 1.54) is 21.9 Å². The number of benzene rings is 2. The highest BCUT2D eigenvalue weighted by atomic mass is 32.2. The number of anilines is 1. The summed E-state index contributed by atoms with van der Waals surface area (Å²) in [5.41, 5.74) is 1.27. The fourth-order valence-corrected chi connectivity index (χ4v) is 6.55. The lowest BCUT2D eigenvalue weighted by Gasteiger charge is -2.25. The van der Waals surface area contributed by atoms with Gasteiger partial charge in [0.05, 0.1) is 16.0 Å². The fourth-order valence-electron chi connectivity index (χ4n) is 3.97. The molecule has 0 spiro atoms. The Balaban J connectivity index is 1.51. The number of rotatable bonds is 6. The maximum absolute atomic E-state index is 14.2. The third-order valence-corrected chi connectivity index (χ3v) is 8.32. The molecule has 0 bridgehead atoms. The van der Waals surface area contributed by atoms with Crippen LogP contribution in [0.15, 0.2) is 46.8 Å². The van der Waals surface area contributed by atoms with Crippen molar-refractivity contribution in [3.05, 3.63) is 70.0 Å². The second kappa shape index (κ2) is 9.19. The first kappa shape index (κ1) is 25.0. The Morgan fingerprint density at radius 3 is 2.46 bits per heavy atom. The quantitative estimate of drug-likeness (QED) is 0.485. The average Bonchev–Trinajstić information content (AvgIpc) is 3.41. The largest absolute Gasteiger partial charge is 0.416 e. The number of hydrogen-bond acceptors (Lipinski definition) is 6. The van der Waals surface area contributed by atoms with Crippen molar-refractivity contribution in [3.8, 4) is 0 Å². The van der Waals surface area contributed by atoms with Crippen molar-refractivity contribution in [3.63, 3.8) is 0 Å². The van der Waals surface area contributed by atoms with E-state index in [9.17, 15) is 30.8 Å². The molecule has 1 aromatic heterocycles. The van der Waals surface area contributed by atoms with Gasteiger partial charge in [-0.05, 0) is 68.1 Å². The highest BCUT2D eigenvalue weighted by molar-refractivity contribution is 7.93. The van der Waals surface area contributed by atoms with Crippen molar-refractivity contribution in [1.29, 1.82) is 0 Å². The van der Waals surface area contributed by atoms with Crippen LogP contribution in [0.5, 0.6) is 0 Å². The van der Waals surface area contributed by atoms with E-state index < -0.39 is 51.1 Å². The van der Waals surface area contributed by atoms with Crippen LogP contribution in [0, 0.1) is 5.82 Å². The Morgan fingerprint density at radius 2 is 1.86 bits per heavy atom. The van der Waals surface area contributed by atoms with Crippen LogP contribution in [0.3, 0.4) is 0 Å². The summed E-state index contributed by atoms with van der Waals surface area (Å²) < 4.78 is 80.3. The average molecular weight is 529 g/mol. The second-order valence-electron chi connectivity index (χ2n) is 8.32. The maximum Gasteiger partial charge on any atom is 0.416 e. The summed E-state index contributed by atoms with van der Waals surface area (Å²) in [7, 11) is -3.94. The number of fused-ring (bicyclic) bond motifs is 1. The highest BCUT2D eigenvalue weighted by Gasteiger charge is 2.33. The zero-order valence-electron chi connectivity index (χ0n) is 18.5. The van der Waals surface area contributed by atoms with Crippen LogP contribution in [0.4, 0.5) is 22.7 Å². The van der Waals surface area contributed by atoms with Crippen molar-refractivity contribution in [2.24, 2.45) is 0 Å². The first-order chi connectivity index (χ1) is 16.4. The van der Waals surface area contributed by atoms with Crippen LogP contribution < -0.4 is 9.62 Å². The number of carbonyl (C=O) groups is 1. The maximum atomic E-state index is 14.2. The SMILES string of the molecule is CC(C)N(c1nncs1)S(=O)(=O)c1ccc2c(c1)CC(NC(=O)c1ccc(C(F)(F)F)cc1F)C2. The van der Waals surface area contributed by atoms with Gasteiger partial charge in [-0.1, -0.05) is 17.4 Å². The molecule has 0 saturated heterocycles. The van der Waals surface area contributed by atoms with Crippen molar-refractivity contribution >= 4 is 32.4 Å². The van der Waals surface area contributed by atoms with E-state index >= 15 is 0 Å². The fraction of sp³-hybridized carbons (Fsp3) is 0.318. The van der Waals surface area contributed by atoms with E-state index in [-0.39, 0.29) is 22.5 Å². The summed E-state index contributed by atoms with van der Waals surface area (Å²) in [5, 5.41) is 10.5. The van der Waals surface area contributed by atoms with Gasteiger partial charge in [0.2, 0.25) is 5.13 Å². The van der Waals surface area contributed by atoms with E-state index in [2.05, 4.69) is 15.5 Å². The van der Waals surface area contributed by atoms with Gasteiger partial charge < -0.3 is 5.32 Å². The van der Waals surface area contributed by atoms with E-state index in [1.54, 1.807) is 19.9 Å². The van der Waals surface area contributed by atoms with E-state index in [0.717, 1.165) is 23.0 Å². The van der Waals surface area contributed by atoms with Crippen LogP contribution in [-0.2, 0) is 29.0 Å². The lowest BCUT2D eigenvalue weighted by molar-refractivity contribution is -0.137. The number of nitrogens with zero attached hydrogens (tertiary/aromatic N) is 3. The van der Waals surface area contributed by atoms with E-state index in [0.29, 0.717) is 18.1 Å². The molecular weight excluding hydrogens is 508 g/mol. The third kappa shape index (κ3) is 5.01. The van der Waals surface area contributed by atoms with Gasteiger partial charge in [0.25, 0.3) is 15.9 Å². The topological polar surface area (TPSA) is 92.3 Å². The molecule has 0 fully saturated rings. The predicted octanol–water partition coefficient (Wildman–Crippen LogP) is 4.20. The second-order valence-corrected chi connectivity index (χ2v) is 10.9. The van der Waals surface area contributed by atoms with Gasteiger partial charge in [0.1, 0.15) is 11.3 Å². The van der Waals surface area contributed by atoms with Gasteiger partial charge in [-0.2, -0.15) is 13.2 Å². The number of amides is 1. The Hall–Kier alpha value is -3.06. The Bertz CT molecular complexity index is 1360. The molecule has 13 heteroatoms. The number of aromatic nitrogens is 2. The molecule has 1 aliphatic rings. The molecule has 1 aliphatic carbocycles. The molecule has 3 aromatic rings. The number of hydrogen-bond donors (Lipinski definition) is 1. The van der Waals surface area contributed by atoms with Gasteiger partial charge >= 0.3 is 6.18 Å². The first-order valence-electron chi connectivity index (χ1n) is 10.5. The lowest BCUT2D eigenvalue weighted by Crippen LogP contribution is -2.37. The number of carbonyl (C=O) groups excluding carboxylic acids is 1. The normalized spacial score (nSPS) is 15.8. The van der Waals surface area contributed by atoms with Crippen molar-refractivity contribution in [1.82, 2.24) is 15.5 Å². The van der Waals surface area contributed by atoms with E-state index in [4.69, 9.17) is 0 Å². The minimum Gasteiger partial charge on any atom is -0.349 e. The molecular formula is C22H20F4N4O3S2. The first-order valence-corrected chi connectivity index (χ1v) is 12.8. The lowest BCUT2D eigenvalue weighted by atomic mass is 10.1. The molecule has 1 atom stereocenters. The summed E-state index contributed by atoms with van der Waals surface area (Å²) in [4.78, 5) is 12.6. The molecule has 35 heavy (non-hydrogen) atoms. The third-order valence-electron chi connectivity index (χ3n) is 5.55. The summed E-state index contributed by atoms with van der Waals surface area (Å²) in [6, 6.07) is 5.52. The van der Waals surface area contributed by atoms with Crippen LogP contribution in [-0.4, -0.2) is 36.6 Å². The minimum absolute atomic E-state index is 0.0564. The van der Waals surface area contributed by atoms with Crippen molar-refractivity contribution in [2.75, 3.05) is 4.31 Å². The zero-order valence-corrected chi connectivity index (χ0v) is 20.1. The molecule has 0 aliphatic heterocycles. The summed E-state index contributed by atoms with van der Waals surface area (Å²) in [6.07, 6.45) is -4.07. The summed E-state index contributed by atoms with van der Waals surface area (Å²) in [5.74, 6) is -2.12. The van der Waals surface area contributed by atoms with Crippen LogP contribution in [0.25, 0.3) is 0 Å². The predicted molar refractivity (Wildman–Crippen MR) is 121 cm³/mol. The van der Waals surface area contributed by atoms with E-state index in [1.807, 2.05) is 0 Å². The number of halogens is 4. The highest BCUT2D eigenvalue weighted by Crippen LogP contribution is 2.32. The Kier molecular flexibility index (Phi) is 6.58. The molecule has 186 valence electrons. The van der Waals surface area contributed by atoms with Gasteiger partial charge in [0, 0.05) is 12.1 Å². The molecule has 1 amide bonds. The molecule has 4 rings (SSSR count). The summed E-state index contributed by atoms with van der Waals surface area (Å²) in [6.45, 7) is 3.44. The molecule has 1 N–H and O–H groups in total.